The van der Waals surface area contributed by atoms with Gasteiger partial charge in [0, 0.05) is 6.42 Å². The molecule has 2 rings (SSSR count). The van der Waals surface area contributed by atoms with Crippen LogP contribution in [0.25, 0.3) is 0 Å². The number of carbonyl (C=O) groups excluding carboxylic acids is 1. The van der Waals surface area contributed by atoms with Crippen LogP contribution >= 0.6 is 0 Å². The zero-order chi connectivity index (χ0) is 64.5. The molecule has 0 aliphatic carbocycles. The molecule has 0 radical (unpaired) electrons. The number of allylic oxidation sites excluding steroid dienone is 11. The molecule has 0 aromatic heterocycles. The highest BCUT2D eigenvalue weighted by Gasteiger charge is 2.51. The van der Waals surface area contributed by atoms with Crippen molar-refractivity contribution in [1.82, 2.24) is 5.32 Å². The van der Waals surface area contributed by atoms with E-state index in [1.165, 1.54) is 212 Å². The van der Waals surface area contributed by atoms with Gasteiger partial charge >= 0.3 is 0 Å². The van der Waals surface area contributed by atoms with Gasteiger partial charge in [-0.15, -0.1) is 0 Å². The van der Waals surface area contributed by atoms with Crippen LogP contribution in [0.4, 0.5) is 0 Å². The number of unbranched alkanes of at least 4 members (excludes halogenated alkanes) is 37. The van der Waals surface area contributed by atoms with Crippen molar-refractivity contribution in [2.45, 2.75) is 376 Å². The van der Waals surface area contributed by atoms with Gasteiger partial charge in [-0.25, -0.2) is 0 Å². The summed E-state index contributed by atoms with van der Waals surface area (Å²) < 4.78 is 22.9. The summed E-state index contributed by atoms with van der Waals surface area (Å²) in [4.78, 5) is 13.3. The number of nitrogens with one attached hydrogen (secondary N) is 1. The molecule has 14 heteroatoms. The Balaban J connectivity index is 1.67. The molecule has 12 unspecified atom stereocenters. The second kappa shape index (κ2) is 59.2. The third-order valence-corrected chi connectivity index (χ3v) is 17.6. The number of rotatable bonds is 60. The topological polar surface area (TPSA) is 228 Å². The molecular weight excluding hydrogens is 1120 g/mol. The third-order valence-electron chi connectivity index (χ3n) is 17.6. The molecule has 0 aromatic carbocycles. The second-order valence-corrected chi connectivity index (χ2v) is 25.7. The van der Waals surface area contributed by atoms with E-state index in [2.05, 4.69) is 79.9 Å². The molecule has 0 saturated carbocycles. The fourth-order valence-corrected chi connectivity index (χ4v) is 11.8. The maximum absolute atomic E-state index is 13.3. The van der Waals surface area contributed by atoms with Crippen LogP contribution in [-0.2, 0) is 23.7 Å². The van der Waals surface area contributed by atoms with E-state index < -0.39 is 86.8 Å². The highest BCUT2D eigenvalue weighted by Crippen LogP contribution is 2.30. The van der Waals surface area contributed by atoms with Crippen molar-refractivity contribution in [3.8, 4) is 0 Å². The Morgan fingerprint density at radius 2 is 0.787 bits per heavy atom. The number of ether oxygens (including phenoxy) is 4. The number of amides is 1. The van der Waals surface area contributed by atoms with Crippen molar-refractivity contribution in [1.29, 1.82) is 0 Å². The van der Waals surface area contributed by atoms with E-state index in [9.17, 15) is 45.6 Å². The second-order valence-electron chi connectivity index (χ2n) is 25.7. The van der Waals surface area contributed by atoms with E-state index in [-0.39, 0.29) is 18.9 Å². The fourth-order valence-electron chi connectivity index (χ4n) is 11.8. The number of aliphatic hydroxyl groups is 8. The number of carbonyl (C=O) groups is 1. The first kappa shape index (κ1) is 82.5. The molecule has 2 fully saturated rings. The summed E-state index contributed by atoms with van der Waals surface area (Å²) in [6.45, 7) is 2.71. The van der Waals surface area contributed by atoms with Gasteiger partial charge in [0.25, 0.3) is 0 Å². The zero-order valence-electron chi connectivity index (χ0n) is 56.4. The lowest BCUT2D eigenvalue weighted by Gasteiger charge is -2.46. The summed E-state index contributed by atoms with van der Waals surface area (Å²) in [6, 6.07) is -0.936. The Morgan fingerprint density at radius 1 is 0.416 bits per heavy atom. The number of hydrogen-bond donors (Lipinski definition) is 9. The maximum Gasteiger partial charge on any atom is 0.220 e. The average molecular weight is 1260 g/mol. The summed E-state index contributed by atoms with van der Waals surface area (Å²) in [7, 11) is 0. The quantitative estimate of drug-likeness (QED) is 0.0204. The molecule has 518 valence electrons. The first-order chi connectivity index (χ1) is 43.6. The Labute approximate surface area is 542 Å². The molecule has 89 heavy (non-hydrogen) atoms. The van der Waals surface area contributed by atoms with Gasteiger partial charge < -0.3 is 65.1 Å². The van der Waals surface area contributed by atoms with Gasteiger partial charge in [0.05, 0.1) is 32.0 Å². The maximum atomic E-state index is 13.3. The Morgan fingerprint density at radius 3 is 1.24 bits per heavy atom. The lowest BCUT2D eigenvalue weighted by Crippen LogP contribution is -2.65. The summed E-state index contributed by atoms with van der Waals surface area (Å²) in [5.41, 5.74) is 0. The molecule has 2 aliphatic rings. The Hall–Kier alpha value is -2.57. The van der Waals surface area contributed by atoms with Crippen LogP contribution in [0.3, 0.4) is 0 Å². The van der Waals surface area contributed by atoms with Crippen LogP contribution in [-0.4, -0.2) is 140 Å². The van der Waals surface area contributed by atoms with Crippen LogP contribution < -0.4 is 5.32 Å². The molecule has 0 spiro atoms. The monoisotopic (exact) mass is 1260 g/mol. The van der Waals surface area contributed by atoms with E-state index in [0.29, 0.717) is 12.8 Å². The van der Waals surface area contributed by atoms with Crippen molar-refractivity contribution in [2.75, 3.05) is 19.8 Å². The number of aliphatic hydroxyl groups excluding tert-OH is 8. The molecule has 12 atom stereocenters. The summed E-state index contributed by atoms with van der Waals surface area (Å²) in [5, 5.41) is 87.5. The van der Waals surface area contributed by atoms with Crippen LogP contribution in [0.5, 0.6) is 0 Å². The highest BCUT2D eigenvalue weighted by molar-refractivity contribution is 5.76. The molecule has 14 nitrogen and oxygen atoms in total. The normalized spacial score (nSPS) is 23.4. The minimum Gasteiger partial charge on any atom is -0.394 e. The van der Waals surface area contributed by atoms with Gasteiger partial charge in [-0.2, -0.15) is 0 Å². The predicted octanol–water partition coefficient (Wildman–Crippen LogP) is 15.4. The van der Waals surface area contributed by atoms with E-state index in [1.54, 1.807) is 6.08 Å². The predicted molar refractivity (Wildman–Crippen MR) is 364 cm³/mol. The SMILES string of the molecule is CC/C=C\C/C=C\C/C=C\C/C=C\CCCCCCCCCCCCCCCCCCC(=O)NC(COC1OC(CO)C(OC2OC(CO)C(O)C(O)C2O)C(O)C1O)C(O)/C=C/CC/C=C/CCCCCCCCCCCCCCCCCCCCCC. The van der Waals surface area contributed by atoms with E-state index in [0.717, 1.165) is 57.8 Å². The van der Waals surface area contributed by atoms with E-state index >= 15 is 0 Å². The van der Waals surface area contributed by atoms with Crippen LogP contribution in [0.2, 0.25) is 0 Å². The minimum atomic E-state index is -1.79. The van der Waals surface area contributed by atoms with Gasteiger partial charge in [0.1, 0.15) is 48.8 Å². The van der Waals surface area contributed by atoms with E-state index in [4.69, 9.17) is 18.9 Å². The molecule has 0 aromatic rings. The van der Waals surface area contributed by atoms with Gasteiger partial charge in [0.2, 0.25) is 5.91 Å². The first-order valence-corrected chi connectivity index (χ1v) is 36.7. The molecule has 2 saturated heterocycles. The lowest BCUT2D eigenvalue weighted by molar-refractivity contribution is -0.359. The highest BCUT2D eigenvalue weighted by atomic mass is 16.7. The zero-order valence-corrected chi connectivity index (χ0v) is 56.4. The summed E-state index contributed by atoms with van der Waals surface area (Å²) >= 11 is 0. The summed E-state index contributed by atoms with van der Waals surface area (Å²) in [5.74, 6) is -0.247. The molecule has 2 aliphatic heterocycles. The van der Waals surface area contributed by atoms with Gasteiger partial charge in [0.15, 0.2) is 12.6 Å². The first-order valence-electron chi connectivity index (χ1n) is 36.7. The molecule has 0 bridgehead atoms. The standard InChI is InChI=1S/C75H135NO13/c1-3-5-7-9-11-13-15-17-19-21-23-25-27-29-31-32-33-35-37-39-41-43-45-47-49-51-53-55-57-59-67(80)76-63(62-86-74-72(85)70(83)73(66(61-78)88-74)89-75-71(84)69(82)68(81)65(60-77)87-75)64(79)58-56-54-52-50-48-46-44-42-40-38-36-34-30-28-26-24-22-20-18-16-14-12-10-8-6-4-2/h5,7,11,13,17,19,23,25,48,50,56,58,63-66,68-75,77-79,81-85H,3-4,6,8-10,12,14-16,18,20-22,24,26-47,49,51-55,57,59-62H2,1-2H3,(H,76,80)/b7-5-,13-11-,19-17-,25-23-,50-48+,58-56+. The van der Waals surface area contributed by atoms with E-state index in [1.807, 2.05) is 6.08 Å². The van der Waals surface area contributed by atoms with Crippen molar-refractivity contribution >= 4 is 5.91 Å². The number of hydrogen-bond acceptors (Lipinski definition) is 13. The van der Waals surface area contributed by atoms with Crippen molar-refractivity contribution in [2.24, 2.45) is 0 Å². The minimum absolute atomic E-state index is 0.247. The average Bonchev–Trinajstić information content (AvgIpc) is 2.51. The third kappa shape index (κ3) is 43.1. The van der Waals surface area contributed by atoms with Crippen molar-refractivity contribution in [3.63, 3.8) is 0 Å². The van der Waals surface area contributed by atoms with Crippen molar-refractivity contribution in [3.05, 3.63) is 72.9 Å². The lowest BCUT2D eigenvalue weighted by atomic mass is 9.97. The Bertz CT molecular complexity index is 1770. The van der Waals surface area contributed by atoms with Crippen LogP contribution in [0, 0.1) is 0 Å². The smallest absolute Gasteiger partial charge is 0.220 e. The van der Waals surface area contributed by atoms with Gasteiger partial charge in [-0.3, -0.25) is 4.79 Å². The molecule has 1 amide bonds. The molecule has 2 heterocycles. The summed E-state index contributed by atoms with van der Waals surface area (Å²) in [6.07, 6.45) is 63.9. The Kier molecular flexibility index (Phi) is 54.9. The van der Waals surface area contributed by atoms with Crippen LogP contribution in [0.15, 0.2) is 72.9 Å². The van der Waals surface area contributed by atoms with Gasteiger partial charge in [-0.05, 0) is 70.6 Å². The largest absolute Gasteiger partial charge is 0.394 e. The molecular formula is C75H135NO13. The fraction of sp³-hybridized carbons (Fsp3) is 0.827. The molecule has 9 N–H and O–H groups in total. The van der Waals surface area contributed by atoms with Gasteiger partial charge in [-0.1, -0.05) is 299 Å². The van der Waals surface area contributed by atoms with Crippen molar-refractivity contribution < 1.29 is 64.6 Å². The van der Waals surface area contributed by atoms with Crippen LogP contribution in [0.1, 0.15) is 303 Å².